The molecule has 2 amide bonds. The third kappa shape index (κ3) is 5.47. The number of nitrogens with one attached hydrogen (secondary N) is 2. The fourth-order valence-electron chi connectivity index (χ4n) is 3.05. The van der Waals surface area contributed by atoms with Gasteiger partial charge in [0.05, 0.1) is 17.0 Å². The number of carbonyl (C=O) groups excluding carboxylic acids is 2. The second-order valence-corrected chi connectivity index (χ2v) is 6.74. The summed E-state index contributed by atoms with van der Waals surface area (Å²) < 4.78 is 5.32. The van der Waals surface area contributed by atoms with Crippen LogP contribution in [0.2, 0.25) is 0 Å². The van der Waals surface area contributed by atoms with Crippen molar-refractivity contribution in [2.24, 2.45) is 0 Å². The Kier molecular flexibility index (Phi) is 6.94. The predicted molar refractivity (Wildman–Crippen MR) is 117 cm³/mol. The van der Waals surface area contributed by atoms with Crippen LogP contribution in [0.5, 0.6) is 5.75 Å². The molecule has 0 bridgehead atoms. The number of hydrogen-bond donors (Lipinski definition) is 2. The monoisotopic (exact) mass is 450 g/mol. The fourth-order valence-corrected chi connectivity index (χ4v) is 3.05. The molecule has 0 atom stereocenters. The van der Waals surface area contributed by atoms with E-state index in [2.05, 4.69) is 10.6 Å². The van der Waals surface area contributed by atoms with Gasteiger partial charge in [0.25, 0.3) is 23.2 Å². The van der Waals surface area contributed by atoms with Gasteiger partial charge in [-0.3, -0.25) is 29.8 Å². The first-order valence-electron chi connectivity index (χ1n) is 9.53. The molecule has 0 heterocycles. The SMILES string of the molecule is COc1ccccc1C(NC(=O)c1cccc([N+](=O)[O-])c1)NC(=O)c1cccc([N+](=O)[O-])c1. The smallest absolute Gasteiger partial charge is 0.270 e. The molecule has 0 aliphatic rings. The number of ether oxygens (including phenoxy) is 1. The van der Waals surface area contributed by atoms with Crippen molar-refractivity contribution >= 4 is 23.2 Å². The number of rotatable bonds is 8. The highest BCUT2D eigenvalue weighted by atomic mass is 16.6. The summed E-state index contributed by atoms with van der Waals surface area (Å²) in [4.78, 5) is 46.5. The minimum atomic E-state index is -1.11. The second kappa shape index (κ2) is 10.0. The van der Waals surface area contributed by atoms with E-state index in [9.17, 15) is 29.8 Å². The highest BCUT2D eigenvalue weighted by molar-refractivity contribution is 5.97. The third-order valence-electron chi connectivity index (χ3n) is 4.64. The van der Waals surface area contributed by atoms with Gasteiger partial charge in [-0.1, -0.05) is 30.3 Å². The maximum absolute atomic E-state index is 12.8. The molecule has 3 aromatic rings. The zero-order valence-corrected chi connectivity index (χ0v) is 17.3. The Hall–Kier alpha value is -4.80. The summed E-state index contributed by atoms with van der Waals surface area (Å²) in [5.74, 6) is -1.01. The normalized spacial score (nSPS) is 10.4. The van der Waals surface area contributed by atoms with E-state index in [0.717, 1.165) is 12.1 Å². The molecule has 0 fully saturated rings. The average Bonchev–Trinajstić information content (AvgIpc) is 2.83. The molecule has 33 heavy (non-hydrogen) atoms. The largest absolute Gasteiger partial charge is 0.496 e. The molecular weight excluding hydrogens is 432 g/mol. The van der Waals surface area contributed by atoms with E-state index in [1.165, 1.54) is 43.5 Å². The van der Waals surface area contributed by atoms with Crippen LogP contribution in [-0.4, -0.2) is 28.8 Å². The first-order valence-corrected chi connectivity index (χ1v) is 9.53. The van der Waals surface area contributed by atoms with Gasteiger partial charge >= 0.3 is 0 Å². The van der Waals surface area contributed by atoms with E-state index in [1.54, 1.807) is 24.3 Å². The van der Waals surface area contributed by atoms with Gasteiger partial charge in [-0.25, -0.2) is 0 Å². The van der Waals surface area contributed by atoms with Crippen LogP contribution in [0.3, 0.4) is 0 Å². The number of non-ortho nitro benzene ring substituents is 2. The van der Waals surface area contributed by atoms with Gasteiger partial charge in [-0.05, 0) is 18.2 Å². The Bertz CT molecular complexity index is 1160. The molecule has 0 aromatic heterocycles. The van der Waals surface area contributed by atoms with Crippen LogP contribution >= 0.6 is 0 Å². The van der Waals surface area contributed by atoms with Gasteiger partial charge in [0.15, 0.2) is 0 Å². The van der Waals surface area contributed by atoms with Crippen LogP contribution < -0.4 is 15.4 Å². The van der Waals surface area contributed by atoms with Gasteiger partial charge < -0.3 is 15.4 Å². The molecule has 0 aliphatic carbocycles. The molecule has 11 heteroatoms. The molecule has 0 unspecified atom stereocenters. The first-order chi connectivity index (χ1) is 15.8. The summed E-state index contributed by atoms with van der Waals surface area (Å²) >= 11 is 0. The fraction of sp³-hybridized carbons (Fsp3) is 0.0909. The topological polar surface area (TPSA) is 154 Å². The second-order valence-electron chi connectivity index (χ2n) is 6.74. The van der Waals surface area contributed by atoms with Crippen LogP contribution in [0, 0.1) is 20.2 Å². The molecule has 2 N–H and O–H groups in total. The van der Waals surface area contributed by atoms with E-state index in [-0.39, 0.29) is 22.5 Å². The molecule has 168 valence electrons. The highest BCUT2D eigenvalue weighted by Crippen LogP contribution is 2.25. The van der Waals surface area contributed by atoms with Crippen molar-refractivity contribution in [3.05, 3.63) is 110 Å². The van der Waals surface area contributed by atoms with Gasteiger partial charge in [-0.15, -0.1) is 0 Å². The number of nitrogens with zero attached hydrogens (tertiary/aromatic N) is 2. The van der Waals surface area contributed by atoms with Gasteiger partial charge in [0.1, 0.15) is 11.9 Å². The standard InChI is InChI=1S/C22H18N4O7/c1-33-19-11-3-2-10-18(19)20(23-21(27)14-6-4-8-16(12-14)25(29)30)24-22(28)15-7-5-9-17(13-15)26(31)32/h2-13,20H,1H3,(H,23,27)(H,24,28). The van der Waals surface area contributed by atoms with Crippen molar-refractivity contribution in [2.45, 2.75) is 6.17 Å². The summed E-state index contributed by atoms with van der Waals surface area (Å²) in [5.41, 5.74) is -0.116. The Morgan fingerprint density at radius 2 is 1.27 bits per heavy atom. The Labute approximate surface area is 187 Å². The first kappa shape index (κ1) is 22.9. The van der Waals surface area contributed by atoms with Crippen LogP contribution in [0.25, 0.3) is 0 Å². The predicted octanol–water partition coefficient (Wildman–Crippen LogP) is 3.37. The number of hydrogen-bond acceptors (Lipinski definition) is 7. The third-order valence-corrected chi connectivity index (χ3v) is 4.64. The van der Waals surface area contributed by atoms with Crippen molar-refractivity contribution < 1.29 is 24.2 Å². The van der Waals surface area contributed by atoms with E-state index in [0.29, 0.717) is 11.3 Å². The van der Waals surface area contributed by atoms with Gasteiger partial charge in [0.2, 0.25) is 0 Å². The lowest BCUT2D eigenvalue weighted by Crippen LogP contribution is -2.41. The lowest BCUT2D eigenvalue weighted by atomic mass is 10.1. The summed E-state index contributed by atoms with van der Waals surface area (Å²) in [7, 11) is 1.42. The van der Waals surface area contributed by atoms with E-state index in [4.69, 9.17) is 4.74 Å². The Morgan fingerprint density at radius 3 is 1.73 bits per heavy atom. The van der Waals surface area contributed by atoms with Crippen LogP contribution in [0.15, 0.2) is 72.8 Å². The summed E-state index contributed by atoms with van der Waals surface area (Å²) in [6.07, 6.45) is -1.11. The van der Waals surface area contributed by atoms with Crippen molar-refractivity contribution in [3.8, 4) is 5.75 Å². The maximum Gasteiger partial charge on any atom is 0.270 e. The number of nitro benzene ring substituents is 2. The zero-order valence-electron chi connectivity index (χ0n) is 17.3. The van der Waals surface area contributed by atoms with E-state index < -0.39 is 27.8 Å². The average molecular weight is 450 g/mol. The van der Waals surface area contributed by atoms with E-state index >= 15 is 0 Å². The molecule has 0 radical (unpaired) electrons. The number of nitro groups is 2. The van der Waals surface area contributed by atoms with Crippen molar-refractivity contribution in [1.82, 2.24) is 10.6 Å². The minimum absolute atomic E-state index is 0.00805. The number of para-hydroxylation sites is 1. The molecule has 3 aromatic carbocycles. The Morgan fingerprint density at radius 1 is 0.788 bits per heavy atom. The van der Waals surface area contributed by atoms with Crippen LogP contribution in [0.4, 0.5) is 11.4 Å². The lowest BCUT2D eigenvalue weighted by Gasteiger charge is -2.22. The highest BCUT2D eigenvalue weighted by Gasteiger charge is 2.23. The van der Waals surface area contributed by atoms with E-state index in [1.807, 2.05) is 0 Å². The summed E-state index contributed by atoms with van der Waals surface area (Å²) in [6.45, 7) is 0. The summed E-state index contributed by atoms with van der Waals surface area (Å²) in [5, 5.41) is 27.3. The number of benzene rings is 3. The van der Waals surface area contributed by atoms with Gasteiger partial charge in [0, 0.05) is 41.0 Å². The van der Waals surface area contributed by atoms with Crippen LogP contribution in [-0.2, 0) is 0 Å². The molecule has 3 rings (SSSR count). The number of amides is 2. The number of methoxy groups -OCH3 is 1. The van der Waals surface area contributed by atoms with Gasteiger partial charge in [-0.2, -0.15) is 0 Å². The number of carbonyl (C=O) groups is 2. The van der Waals surface area contributed by atoms with Crippen LogP contribution in [0.1, 0.15) is 32.4 Å². The maximum atomic E-state index is 12.8. The Balaban J connectivity index is 1.93. The van der Waals surface area contributed by atoms with Crippen molar-refractivity contribution in [2.75, 3.05) is 7.11 Å². The molecule has 0 saturated carbocycles. The lowest BCUT2D eigenvalue weighted by molar-refractivity contribution is -0.385. The molecule has 11 nitrogen and oxygen atoms in total. The molecular formula is C22H18N4O7. The van der Waals surface area contributed by atoms with Crippen molar-refractivity contribution in [3.63, 3.8) is 0 Å². The molecule has 0 aliphatic heterocycles. The zero-order chi connectivity index (χ0) is 24.0. The molecule has 0 spiro atoms. The van der Waals surface area contributed by atoms with Crippen molar-refractivity contribution in [1.29, 1.82) is 0 Å². The quantitative estimate of drug-likeness (QED) is 0.303. The molecule has 0 saturated heterocycles. The summed E-state index contributed by atoms with van der Waals surface area (Å²) in [6, 6.07) is 16.8. The minimum Gasteiger partial charge on any atom is -0.496 e.